The van der Waals surface area contributed by atoms with Gasteiger partial charge >= 0.3 is 0 Å². The third-order valence-electron chi connectivity index (χ3n) is 4.28. The minimum atomic E-state index is 0.910. The van der Waals surface area contributed by atoms with Gasteiger partial charge in [0, 0.05) is 15.2 Å². The van der Waals surface area contributed by atoms with Crippen molar-refractivity contribution in [1.29, 1.82) is 0 Å². The van der Waals surface area contributed by atoms with Gasteiger partial charge in [-0.2, -0.15) is 0 Å². The van der Waals surface area contributed by atoms with E-state index in [1.54, 1.807) is 0 Å². The maximum Gasteiger partial charge on any atom is 0.0979 e. The molecule has 0 saturated heterocycles. The largest absolute Gasteiger partial charge is 0.244 e. The first-order valence-corrected chi connectivity index (χ1v) is 8.27. The molecule has 1 heterocycles. The Labute approximate surface area is 140 Å². The Morgan fingerprint density at radius 2 is 1.09 bits per heavy atom. The number of fused-ring (bicyclic) bond motifs is 7. The molecular formula is C20H11BrN2. The van der Waals surface area contributed by atoms with Gasteiger partial charge in [0.15, 0.2) is 0 Å². The second-order valence-electron chi connectivity index (χ2n) is 5.65. The Morgan fingerprint density at radius 3 is 1.70 bits per heavy atom. The van der Waals surface area contributed by atoms with Crippen LogP contribution in [0.3, 0.4) is 0 Å². The van der Waals surface area contributed by atoms with Crippen LogP contribution in [-0.2, 0) is 0 Å². The van der Waals surface area contributed by atoms with E-state index in [0.717, 1.165) is 37.3 Å². The van der Waals surface area contributed by atoms with Crippen LogP contribution in [0.25, 0.3) is 43.6 Å². The third kappa shape index (κ3) is 1.87. The number of hydrogen-bond donors (Lipinski definition) is 0. The molecule has 0 unspecified atom stereocenters. The Hall–Kier alpha value is -2.52. The van der Waals surface area contributed by atoms with Gasteiger partial charge in [-0.05, 0) is 29.0 Å². The van der Waals surface area contributed by atoms with E-state index < -0.39 is 0 Å². The molecule has 1 aromatic heterocycles. The average molecular weight is 359 g/mol. The van der Waals surface area contributed by atoms with Crippen LogP contribution in [0.15, 0.2) is 71.2 Å². The normalized spacial score (nSPS) is 11.7. The van der Waals surface area contributed by atoms with E-state index in [0.29, 0.717) is 0 Å². The summed E-state index contributed by atoms with van der Waals surface area (Å²) in [5.41, 5.74) is 3.76. The van der Waals surface area contributed by atoms with Gasteiger partial charge in [0.25, 0.3) is 0 Å². The van der Waals surface area contributed by atoms with Crippen LogP contribution >= 0.6 is 15.9 Å². The van der Waals surface area contributed by atoms with E-state index in [1.807, 2.05) is 18.2 Å². The topological polar surface area (TPSA) is 25.8 Å². The number of rotatable bonds is 0. The van der Waals surface area contributed by atoms with Crippen molar-refractivity contribution < 1.29 is 0 Å². The summed E-state index contributed by atoms with van der Waals surface area (Å²) in [6.07, 6.45) is 0. The monoisotopic (exact) mass is 358 g/mol. The highest BCUT2D eigenvalue weighted by atomic mass is 79.9. The van der Waals surface area contributed by atoms with Gasteiger partial charge < -0.3 is 0 Å². The molecule has 0 spiro atoms. The minimum absolute atomic E-state index is 0.910. The molecule has 0 atom stereocenters. The first-order chi connectivity index (χ1) is 11.3. The molecule has 0 aliphatic heterocycles. The van der Waals surface area contributed by atoms with E-state index in [4.69, 9.17) is 9.97 Å². The Kier molecular flexibility index (Phi) is 2.67. The highest BCUT2D eigenvalue weighted by Gasteiger charge is 2.11. The van der Waals surface area contributed by atoms with Crippen LogP contribution in [0.4, 0.5) is 0 Å². The summed E-state index contributed by atoms with van der Waals surface area (Å²) in [6.45, 7) is 0. The lowest BCUT2D eigenvalue weighted by atomic mass is 9.99. The van der Waals surface area contributed by atoms with Crippen molar-refractivity contribution in [1.82, 2.24) is 9.97 Å². The molecular weight excluding hydrogens is 348 g/mol. The second-order valence-corrected chi connectivity index (χ2v) is 6.56. The summed E-state index contributed by atoms with van der Waals surface area (Å²) in [5.74, 6) is 0. The molecule has 0 aliphatic carbocycles. The number of halogens is 1. The van der Waals surface area contributed by atoms with E-state index in [2.05, 4.69) is 64.5 Å². The summed E-state index contributed by atoms with van der Waals surface area (Å²) in [5, 5.41) is 4.75. The Bertz CT molecular complexity index is 1230. The lowest BCUT2D eigenvalue weighted by Crippen LogP contribution is -1.91. The standard InChI is InChI=1S/C20H11BrN2/c21-12-9-10-17-18(11-12)23-20-16-8-4-2-6-14(16)13-5-1-3-7-15(13)19(20)22-17/h1-11H. The fraction of sp³-hybridized carbons (Fsp3) is 0. The smallest absolute Gasteiger partial charge is 0.0979 e. The maximum atomic E-state index is 4.92. The Morgan fingerprint density at radius 1 is 0.565 bits per heavy atom. The SMILES string of the molecule is Brc1ccc2nc3c4ccccc4c4ccccc4c3nc2c1. The molecule has 0 bridgehead atoms. The highest BCUT2D eigenvalue weighted by Crippen LogP contribution is 2.34. The quantitative estimate of drug-likeness (QED) is 0.256. The van der Waals surface area contributed by atoms with Crippen LogP contribution in [0.5, 0.6) is 0 Å². The van der Waals surface area contributed by atoms with Crippen molar-refractivity contribution in [2.75, 3.05) is 0 Å². The lowest BCUT2D eigenvalue weighted by molar-refractivity contribution is 1.41. The summed E-state index contributed by atoms with van der Waals surface area (Å²) in [6, 6.07) is 22.9. The van der Waals surface area contributed by atoms with Gasteiger partial charge in [-0.3, -0.25) is 0 Å². The van der Waals surface area contributed by atoms with Crippen molar-refractivity contribution >= 4 is 59.5 Å². The number of aromatic nitrogens is 2. The van der Waals surface area contributed by atoms with Crippen LogP contribution in [-0.4, -0.2) is 9.97 Å². The number of hydrogen-bond acceptors (Lipinski definition) is 2. The van der Waals surface area contributed by atoms with E-state index in [9.17, 15) is 0 Å². The van der Waals surface area contributed by atoms with Crippen molar-refractivity contribution in [2.45, 2.75) is 0 Å². The van der Waals surface area contributed by atoms with Gasteiger partial charge in [0.05, 0.1) is 22.1 Å². The predicted octanol–water partition coefficient (Wildman–Crippen LogP) is 5.85. The zero-order chi connectivity index (χ0) is 15.4. The predicted molar refractivity (Wildman–Crippen MR) is 99.8 cm³/mol. The molecule has 2 nitrogen and oxygen atoms in total. The fourth-order valence-electron chi connectivity index (χ4n) is 3.25. The van der Waals surface area contributed by atoms with E-state index in [1.165, 1.54) is 10.8 Å². The highest BCUT2D eigenvalue weighted by molar-refractivity contribution is 9.10. The zero-order valence-corrected chi connectivity index (χ0v) is 13.7. The molecule has 108 valence electrons. The second kappa shape index (κ2) is 4.74. The zero-order valence-electron chi connectivity index (χ0n) is 12.1. The van der Waals surface area contributed by atoms with Gasteiger partial charge in [-0.15, -0.1) is 0 Å². The van der Waals surface area contributed by atoms with Crippen molar-refractivity contribution in [3.8, 4) is 0 Å². The first-order valence-electron chi connectivity index (χ1n) is 7.48. The van der Waals surface area contributed by atoms with E-state index >= 15 is 0 Å². The molecule has 0 fully saturated rings. The van der Waals surface area contributed by atoms with Crippen molar-refractivity contribution in [3.05, 3.63) is 71.2 Å². The minimum Gasteiger partial charge on any atom is -0.244 e. The molecule has 0 aliphatic rings. The number of nitrogens with zero attached hydrogens (tertiary/aromatic N) is 2. The van der Waals surface area contributed by atoms with Crippen molar-refractivity contribution in [3.63, 3.8) is 0 Å². The van der Waals surface area contributed by atoms with Gasteiger partial charge in [-0.25, -0.2) is 9.97 Å². The number of benzene rings is 4. The Balaban J connectivity index is 2.14. The van der Waals surface area contributed by atoms with Crippen LogP contribution in [0.2, 0.25) is 0 Å². The molecule has 0 radical (unpaired) electrons. The van der Waals surface area contributed by atoms with Crippen LogP contribution in [0, 0.1) is 0 Å². The summed E-state index contributed by atoms with van der Waals surface area (Å²) >= 11 is 3.52. The summed E-state index contributed by atoms with van der Waals surface area (Å²) < 4.78 is 1.02. The summed E-state index contributed by atoms with van der Waals surface area (Å²) in [4.78, 5) is 9.84. The molecule has 23 heavy (non-hydrogen) atoms. The molecule has 5 aromatic rings. The molecule has 0 amide bonds. The van der Waals surface area contributed by atoms with Crippen LogP contribution < -0.4 is 0 Å². The molecule has 5 rings (SSSR count). The maximum absolute atomic E-state index is 4.92. The van der Waals surface area contributed by atoms with Gasteiger partial charge in [0.1, 0.15) is 0 Å². The van der Waals surface area contributed by atoms with Crippen molar-refractivity contribution in [2.24, 2.45) is 0 Å². The first kappa shape index (κ1) is 13.0. The third-order valence-corrected chi connectivity index (χ3v) is 4.77. The van der Waals surface area contributed by atoms with E-state index in [-0.39, 0.29) is 0 Å². The molecule has 4 aromatic carbocycles. The fourth-order valence-corrected chi connectivity index (χ4v) is 3.60. The van der Waals surface area contributed by atoms with Crippen LogP contribution in [0.1, 0.15) is 0 Å². The summed E-state index contributed by atoms with van der Waals surface area (Å²) in [7, 11) is 0. The van der Waals surface area contributed by atoms with Gasteiger partial charge in [-0.1, -0.05) is 64.5 Å². The lowest BCUT2D eigenvalue weighted by Gasteiger charge is -2.10. The average Bonchev–Trinajstić information content (AvgIpc) is 2.60. The molecule has 3 heteroatoms. The van der Waals surface area contributed by atoms with Gasteiger partial charge in [0.2, 0.25) is 0 Å². The molecule has 0 N–H and O–H groups in total. The molecule has 0 saturated carbocycles.